The Balaban J connectivity index is 2.12. The van der Waals surface area contributed by atoms with Crippen LogP contribution >= 0.6 is 11.8 Å². The molecule has 1 heterocycles. The summed E-state index contributed by atoms with van der Waals surface area (Å²) in [7, 11) is 0. The molecule has 3 nitrogen and oxygen atoms in total. The summed E-state index contributed by atoms with van der Waals surface area (Å²) >= 11 is 1.92. The first-order chi connectivity index (χ1) is 8.22. The summed E-state index contributed by atoms with van der Waals surface area (Å²) in [4.78, 5) is 14.3. The molecular weight excluding hydrogens is 232 g/mol. The van der Waals surface area contributed by atoms with Gasteiger partial charge < -0.3 is 10.6 Å². The molecule has 0 aromatic heterocycles. The van der Waals surface area contributed by atoms with Crippen LogP contribution in [0, 0.1) is 0 Å². The van der Waals surface area contributed by atoms with Gasteiger partial charge in [-0.3, -0.25) is 4.79 Å². The van der Waals surface area contributed by atoms with E-state index >= 15 is 0 Å². The number of amides is 1. The van der Waals surface area contributed by atoms with Crippen molar-refractivity contribution in [2.75, 3.05) is 18.1 Å². The van der Waals surface area contributed by atoms with Crippen molar-refractivity contribution in [1.29, 1.82) is 0 Å². The normalized spacial score (nSPS) is 20.4. The van der Waals surface area contributed by atoms with E-state index in [9.17, 15) is 4.79 Å². The third-order valence-electron chi connectivity index (χ3n) is 3.07. The molecule has 2 N–H and O–H groups in total. The molecule has 2 rings (SSSR count). The monoisotopic (exact) mass is 250 g/mol. The molecule has 1 amide bonds. The molecule has 0 radical (unpaired) electrons. The van der Waals surface area contributed by atoms with Gasteiger partial charge >= 0.3 is 0 Å². The molecule has 92 valence electrons. The van der Waals surface area contributed by atoms with Gasteiger partial charge in [-0.1, -0.05) is 12.1 Å². The maximum Gasteiger partial charge on any atom is 0.254 e. The fraction of sp³-hybridized carbons (Fsp3) is 0.462. The summed E-state index contributed by atoms with van der Waals surface area (Å²) in [6.45, 7) is 3.48. The predicted octanol–water partition coefficient (Wildman–Crippen LogP) is 1.72. The van der Waals surface area contributed by atoms with Crippen LogP contribution in [0.3, 0.4) is 0 Å². The number of rotatable bonds is 2. The molecular formula is C13H18N2OS. The van der Waals surface area contributed by atoms with Crippen molar-refractivity contribution in [3.63, 3.8) is 0 Å². The summed E-state index contributed by atoms with van der Waals surface area (Å²) in [5, 5.41) is 0. The highest BCUT2D eigenvalue weighted by molar-refractivity contribution is 7.99. The second-order valence-corrected chi connectivity index (χ2v) is 5.47. The van der Waals surface area contributed by atoms with Crippen molar-refractivity contribution in [2.24, 2.45) is 5.73 Å². The molecule has 1 fully saturated rings. The van der Waals surface area contributed by atoms with Gasteiger partial charge in [0.05, 0.1) is 0 Å². The molecule has 0 aliphatic carbocycles. The van der Waals surface area contributed by atoms with Gasteiger partial charge in [-0.25, -0.2) is 0 Å². The predicted molar refractivity (Wildman–Crippen MR) is 72.2 cm³/mol. The summed E-state index contributed by atoms with van der Waals surface area (Å²) in [5.41, 5.74) is 7.37. The lowest BCUT2D eigenvalue weighted by Crippen LogP contribution is -2.44. The SMILES string of the molecule is CC1CSCCN1C(=O)c1ccc(CN)cc1. The standard InChI is InChI=1S/C13H18N2OS/c1-10-9-17-7-6-15(10)13(16)12-4-2-11(8-14)3-5-12/h2-5,10H,6-9,14H2,1H3. The van der Waals surface area contributed by atoms with E-state index in [1.807, 2.05) is 40.9 Å². The fourth-order valence-electron chi connectivity index (χ4n) is 1.98. The van der Waals surface area contributed by atoms with Crippen LogP contribution in [-0.2, 0) is 6.54 Å². The van der Waals surface area contributed by atoms with Crippen molar-refractivity contribution in [2.45, 2.75) is 19.5 Å². The van der Waals surface area contributed by atoms with Gasteiger partial charge in [0, 0.05) is 36.2 Å². The smallest absolute Gasteiger partial charge is 0.254 e. The lowest BCUT2D eigenvalue weighted by atomic mass is 10.1. The van der Waals surface area contributed by atoms with E-state index < -0.39 is 0 Å². The highest BCUT2D eigenvalue weighted by Gasteiger charge is 2.24. The molecule has 1 atom stereocenters. The van der Waals surface area contributed by atoms with Crippen molar-refractivity contribution < 1.29 is 4.79 Å². The minimum absolute atomic E-state index is 0.140. The Morgan fingerprint density at radius 3 is 2.76 bits per heavy atom. The molecule has 1 aromatic carbocycles. The van der Waals surface area contributed by atoms with Crippen molar-refractivity contribution in [1.82, 2.24) is 4.90 Å². The van der Waals surface area contributed by atoms with E-state index in [2.05, 4.69) is 6.92 Å². The molecule has 0 spiro atoms. The molecule has 1 aliphatic rings. The quantitative estimate of drug-likeness (QED) is 0.869. The number of carbonyl (C=O) groups excluding carboxylic acids is 1. The largest absolute Gasteiger partial charge is 0.334 e. The zero-order valence-electron chi connectivity index (χ0n) is 10.1. The fourth-order valence-corrected chi connectivity index (χ4v) is 2.99. The van der Waals surface area contributed by atoms with E-state index in [1.54, 1.807) is 0 Å². The summed E-state index contributed by atoms with van der Waals surface area (Å²) in [5.74, 6) is 2.21. The van der Waals surface area contributed by atoms with Gasteiger partial charge in [-0.2, -0.15) is 11.8 Å². The van der Waals surface area contributed by atoms with Gasteiger partial charge in [-0.15, -0.1) is 0 Å². The lowest BCUT2D eigenvalue weighted by Gasteiger charge is -2.33. The minimum atomic E-state index is 0.140. The van der Waals surface area contributed by atoms with Gasteiger partial charge in [0.15, 0.2) is 0 Å². The number of thioether (sulfide) groups is 1. The first-order valence-corrected chi connectivity index (χ1v) is 7.05. The Bertz CT molecular complexity index is 391. The van der Waals surface area contributed by atoms with E-state index in [1.165, 1.54) is 0 Å². The van der Waals surface area contributed by atoms with Gasteiger partial charge in [0.2, 0.25) is 0 Å². The lowest BCUT2D eigenvalue weighted by molar-refractivity contribution is 0.0716. The number of hydrogen-bond acceptors (Lipinski definition) is 3. The second kappa shape index (κ2) is 5.56. The van der Waals surface area contributed by atoms with Gasteiger partial charge in [0.25, 0.3) is 5.91 Å². The minimum Gasteiger partial charge on any atom is -0.334 e. The topological polar surface area (TPSA) is 46.3 Å². The number of benzene rings is 1. The zero-order chi connectivity index (χ0) is 12.3. The number of hydrogen-bond donors (Lipinski definition) is 1. The number of nitrogens with two attached hydrogens (primary N) is 1. The van der Waals surface area contributed by atoms with Crippen molar-refractivity contribution in [3.05, 3.63) is 35.4 Å². The van der Waals surface area contributed by atoms with Crippen LogP contribution in [0.2, 0.25) is 0 Å². The van der Waals surface area contributed by atoms with Crippen LogP contribution in [0.4, 0.5) is 0 Å². The maximum absolute atomic E-state index is 12.3. The van der Waals surface area contributed by atoms with Crippen LogP contribution in [0.25, 0.3) is 0 Å². The average Bonchev–Trinajstić information content (AvgIpc) is 2.39. The first kappa shape index (κ1) is 12.5. The summed E-state index contributed by atoms with van der Waals surface area (Å²) in [6, 6.07) is 7.93. The molecule has 0 saturated carbocycles. The summed E-state index contributed by atoms with van der Waals surface area (Å²) < 4.78 is 0. The van der Waals surface area contributed by atoms with Gasteiger partial charge in [-0.05, 0) is 24.6 Å². The Morgan fingerprint density at radius 1 is 1.47 bits per heavy atom. The zero-order valence-corrected chi connectivity index (χ0v) is 10.9. The molecule has 17 heavy (non-hydrogen) atoms. The van der Waals surface area contributed by atoms with Crippen LogP contribution in [-0.4, -0.2) is 34.9 Å². The maximum atomic E-state index is 12.3. The average molecular weight is 250 g/mol. The van der Waals surface area contributed by atoms with Crippen LogP contribution in [0.1, 0.15) is 22.8 Å². The summed E-state index contributed by atoms with van der Waals surface area (Å²) in [6.07, 6.45) is 0. The molecule has 1 unspecified atom stereocenters. The van der Waals surface area contributed by atoms with E-state index in [0.717, 1.165) is 29.2 Å². The molecule has 1 saturated heterocycles. The molecule has 4 heteroatoms. The van der Waals surface area contributed by atoms with Crippen LogP contribution in [0.15, 0.2) is 24.3 Å². The molecule has 1 aromatic rings. The van der Waals surface area contributed by atoms with Gasteiger partial charge in [0.1, 0.15) is 0 Å². The second-order valence-electron chi connectivity index (χ2n) is 4.32. The van der Waals surface area contributed by atoms with E-state index in [4.69, 9.17) is 5.73 Å². The molecule has 0 bridgehead atoms. The van der Waals surface area contributed by atoms with Crippen molar-refractivity contribution in [3.8, 4) is 0 Å². The van der Waals surface area contributed by atoms with E-state index in [-0.39, 0.29) is 5.91 Å². The van der Waals surface area contributed by atoms with Crippen LogP contribution in [0.5, 0.6) is 0 Å². The third-order valence-corrected chi connectivity index (χ3v) is 4.25. The Labute approximate surface area is 106 Å². The Morgan fingerprint density at radius 2 is 2.18 bits per heavy atom. The Kier molecular flexibility index (Phi) is 4.07. The highest BCUT2D eigenvalue weighted by atomic mass is 32.2. The van der Waals surface area contributed by atoms with Crippen LogP contribution < -0.4 is 5.73 Å². The Hall–Kier alpha value is -1.00. The molecule has 1 aliphatic heterocycles. The number of carbonyl (C=O) groups is 1. The van der Waals surface area contributed by atoms with Crippen molar-refractivity contribution >= 4 is 17.7 Å². The highest BCUT2D eigenvalue weighted by Crippen LogP contribution is 2.18. The first-order valence-electron chi connectivity index (χ1n) is 5.90. The van der Waals surface area contributed by atoms with E-state index in [0.29, 0.717) is 12.6 Å². The third kappa shape index (κ3) is 2.82. The number of nitrogens with zero attached hydrogens (tertiary/aromatic N) is 1.